The van der Waals surface area contributed by atoms with Gasteiger partial charge in [0.05, 0.1) is 0 Å². The van der Waals surface area contributed by atoms with Gasteiger partial charge in [0, 0.05) is 5.25 Å². The minimum atomic E-state index is 0.706. The summed E-state index contributed by atoms with van der Waals surface area (Å²) in [5.41, 5.74) is 1.45. The maximum Gasteiger partial charge on any atom is 0.0138 e. The average Bonchev–Trinajstić information content (AvgIpc) is 2.86. The van der Waals surface area contributed by atoms with E-state index in [4.69, 9.17) is 0 Å². The Morgan fingerprint density at radius 3 is 2.43 bits per heavy atom. The Morgan fingerprint density at radius 1 is 1.14 bits per heavy atom. The zero-order chi connectivity index (χ0) is 10.1. The molecule has 3 fully saturated rings. The van der Waals surface area contributed by atoms with Crippen LogP contribution in [-0.2, 0) is 0 Å². The van der Waals surface area contributed by atoms with Crippen molar-refractivity contribution in [1.29, 1.82) is 0 Å². The molecular formula is C13H22S. The van der Waals surface area contributed by atoms with Crippen molar-refractivity contribution in [2.75, 3.05) is 5.75 Å². The van der Waals surface area contributed by atoms with Crippen LogP contribution in [0.2, 0.25) is 0 Å². The third-order valence-electron chi connectivity index (χ3n) is 5.56. The van der Waals surface area contributed by atoms with E-state index in [9.17, 15) is 0 Å². The number of fused-ring (bicyclic) bond motifs is 2. The van der Waals surface area contributed by atoms with E-state index in [2.05, 4.69) is 39.5 Å². The van der Waals surface area contributed by atoms with Crippen LogP contribution in [0, 0.1) is 28.6 Å². The van der Waals surface area contributed by atoms with E-state index in [1.165, 1.54) is 12.2 Å². The van der Waals surface area contributed by atoms with Crippen molar-refractivity contribution in [2.24, 2.45) is 28.6 Å². The van der Waals surface area contributed by atoms with Gasteiger partial charge in [-0.15, -0.1) is 0 Å². The van der Waals surface area contributed by atoms with Crippen LogP contribution in [-0.4, -0.2) is 11.0 Å². The first-order valence-electron chi connectivity index (χ1n) is 6.13. The topological polar surface area (TPSA) is 0 Å². The van der Waals surface area contributed by atoms with Crippen LogP contribution in [0.25, 0.3) is 0 Å². The molecular weight excluding hydrogens is 188 g/mol. The van der Waals surface area contributed by atoms with Gasteiger partial charge in [0.15, 0.2) is 0 Å². The first-order valence-corrected chi connectivity index (χ1v) is 7.18. The van der Waals surface area contributed by atoms with Crippen LogP contribution < -0.4 is 0 Å². The molecule has 1 unspecified atom stereocenters. The molecule has 0 aromatic carbocycles. The Labute approximate surface area is 92.2 Å². The summed E-state index contributed by atoms with van der Waals surface area (Å²) >= 11 is 2.22. The molecule has 0 nitrogen and oxygen atoms in total. The molecule has 1 heteroatoms. The van der Waals surface area contributed by atoms with Gasteiger partial charge in [-0.05, 0) is 47.2 Å². The van der Waals surface area contributed by atoms with Crippen LogP contribution in [0.5, 0.6) is 0 Å². The highest BCUT2D eigenvalue weighted by Crippen LogP contribution is 2.78. The lowest BCUT2D eigenvalue weighted by Gasteiger charge is -2.15. The van der Waals surface area contributed by atoms with Crippen molar-refractivity contribution in [3.8, 4) is 0 Å². The molecule has 0 amide bonds. The van der Waals surface area contributed by atoms with Crippen LogP contribution in [0.1, 0.15) is 40.5 Å². The highest BCUT2D eigenvalue weighted by atomic mass is 32.2. The molecule has 0 aliphatic heterocycles. The van der Waals surface area contributed by atoms with Crippen molar-refractivity contribution >= 4 is 11.8 Å². The summed E-state index contributed by atoms with van der Waals surface area (Å²) in [7, 11) is 0. The standard InChI is InChI=1S/C13H22S/c1-5-14-11-9-6-8-10(12(8,2)3)7-13(9,11)4/h8-11H,5-7H2,1-4H3/t8-,9+,10+,11?,13+/m1/s1. The van der Waals surface area contributed by atoms with Gasteiger partial charge in [-0.3, -0.25) is 0 Å². The van der Waals surface area contributed by atoms with E-state index in [1.54, 1.807) is 6.42 Å². The van der Waals surface area contributed by atoms with Gasteiger partial charge in [0.25, 0.3) is 0 Å². The first kappa shape index (κ1) is 9.57. The molecule has 3 aliphatic carbocycles. The van der Waals surface area contributed by atoms with Gasteiger partial charge in [-0.1, -0.05) is 27.7 Å². The second-order valence-electron chi connectivity index (χ2n) is 6.46. The third-order valence-corrected chi connectivity index (χ3v) is 7.11. The largest absolute Gasteiger partial charge is 0.158 e. The van der Waals surface area contributed by atoms with Gasteiger partial charge in [-0.2, -0.15) is 11.8 Å². The number of thioether (sulfide) groups is 1. The molecule has 14 heavy (non-hydrogen) atoms. The second-order valence-corrected chi connectivity index (χ2v) is 7.88. The van der Waals surface area contributed by atoms with Crippen molar-refractivity contribution < 1.29 is 0 Å². The van der Waals surface area contributed by atoms with Crippen LogP contribution in [0.15, 0.2) is 0 Å². The maximum atomic E-state index is 2.55. The molecule has 0 radical (unpaired) electrons. The molecule has 3 rings (SSSR count). The van der Waals surface area contributed by atoms with Gasteiger partial charge < -0.3 is 0 Å². The summed E-state index contributed by atoms with van der Waals surface area (Å²) in [5, 5.41) is 1.02. The van der Waals surface area contributed by atoms with Crippen molar-refractivity contribution in [3.05, 3.63) is 0 Å². The molecule has 0 aromatic heterocycles. The lowest BCUT2D eigenvalue weighted by molar-refractivity contribution is 0.349. The monoisotopic (exact) mass is 210 g/mol. The van der Waals surface area contributed by atoms with Gasteiger partial charge in [0.1, 0.15) is 0 Å². The minimum Gasteiger partial charge on any atom is -0.158 e. The zero-order valence-corrected chi connectivity index (χ0v) is 10.7. The Hall–Kier alpha value is 0.350. The van der Waals surface area contributed by atoms with Crippen molar-refractivity contribution in [1.82, 2.24) is 0 Å². The Kier molecular flexibility index (Phi) is 1.73. The van der Waals surface area contributed by atoms with E-state index >= 15 is 0 Å². The molecule has 0 N–H and O–H groups in total. The highest BCUT2D eigenvalue weighted by molar-refractivity contribution is 8.00. The predicted octanol–water partition coefficient (Wildman–Crippen LogP) is 3.81. The summed E-state index contributed by atoms with van der Waals surface area (Å²) in [4.78, 5) is 0. The fourth-order valence-corrected chi connectivity index (χ4v) is 5.83. The molecule has 0 heterocycles. The summed E-state index contributed by atoms with van der Waals surface area (Å²) in [6.45, 7) is 9.83. The highest BCUT2D eigenvalue weighted by Gasteiger charge is 2.73. The number of rotatable bonds is 2. The Morgan fingerprint density at radius 2 is 1.86 bits per heavy atom. The van der Waals surface area contributed by atoms with Crippen LogP contribution >= 0.6 is 11.8 Å². The number of hydrogen-bond acceptors (Lipinski definition) is 1. The maximum absolute atomic E-state index is 2.55. The SMILES string of the molecule is CCSC1[C@@H]2C[C@@H]3[C@H](C[C@]12C)C3(C)C. The molecule has 3 aliphatic rings. The smallest absolute Gasteiger partial charge is 0.0138 e. The lowest BCUT2D eigenvalue weighted by Crippen LogP contribution is -2.07. The minimum absolute atomic E-state index is 0.706. The first-order chi connectivity index (χ1) is 6.52. The van der Waals surface area contributed by atoms with Crippen LogP contribution in [0.4, 0.5) is 0 Å². The third kappa shape index (κ3) is 0.977. The molecule has 5 atom stereocenters. The normalized spacial score (nSPS) is 57.4. The van der Waals surface area contributed by atoms with Gasteiger partial charge in [0.2, 0.25) is 0 Å². The summed E-state index contributed by atoms with van der Waals surface area (Å²) in [6, 6.07) is 0. The van der Waals surface area contributed by atoms with Crippen molar-refractivity contribution in [2.45, 2.75) is 45.8 Å². The molecule has 0 spiro atoms. The van der Waals surface area contributed by atoms with E-state index in [1.807, 2.05) is 0 Å². The van der Waals surface area contributed by atoms with Crippen LogP contribution in [0.3, 0.4) is 0 Å². The van der Waals surface area contributed by atoms with Gasteiger partial charge >= 0.3 is 0 Å². The Bertz CT molecular complexity index is 270. The van der Waals surface area contributed by atoms with E-state index in [0.717, 1.165) is 28.4 Å². The summed E-state index contributed by atoms with van der Waals surface area (Å²) in [5.74, 6) is 4.56. The lowest BCUT2D eigenvalue weighted by atomic mass is 9.90. The van der Waals surface area contributed by atoms with Gasteiger partial charge in [-0.25, -0.2) is 0 Å². The van der Waals surface area contributed by atoms with Crippen molar-refractivity contribution in [3.63, 3.8) is 0 Å². The zero-order valence-electron chi connectivity index (χ0n) is 9.84. The second kappa shape index (κ2) is 2.53. The molecule has 80 valence electrons. The molecule has 3 saturated carbocycles. The number of hydrogen-bond donors (Lipinski definition) is 0. The fraction of sp³-hybridized carbons (Fsp3) is 1.00. The predicted molar refractivity (Wildman–Crippen MR) is 63.5 cm³/mol. The Balaban J connectivity index is 1.72. The van der Waals surface area contributed by atoms with E-state index < -0.39 is 0 Å². The molecule has 0 aromatic rings. The average molecular weight is 210 g/mol. The summed E-state index contributed by atoms with van der Waals surface area (Å²) < 4.78 is 0. The quantitative estimate of drug-likeness (QED) is 0.668. The molecule has 0 bridgehead atoms. The molecule has 0 saturated heterocycles. The van der Waals surface area contributed by atoms with E-state index in [0.29, 0.717) is 5.41 Å². The fourth-order valence-electron chi connectivity index (χ4n) is 4.24. The summed E-state index contributed by atoms with van der Waals surface area (Å²) in [6.07, 6.45) is 3.08. The van der Waals surface area contributed by atoms with E-state index in [-0.39, 0.29) is 0 Å².